The number of ether oxygens (including phenoxy) is 1. The first kappa shape index (κ1) is 62.4. The molecule has 1 aliphatic carbocycles. The topological polar surface area (TPSA) is 375 Å². The van der Waals surface area contributed by atoms with Crippen LogP contribution in [0.3, 0.4) is 0 Å². The molecule has 0 radical (unpaired) electrons. The third-order valence-corrected chi connectivity index (χ3v) is 17.2. The van der Waals surface area contributed by atoms with E-state index in [-0.39, 0.29) is 53.2 Å². The van der Waals surface area contributed by atoms with E-state index in [0.717, 1.165) is 40.7 Å². The van der Waals surface area contributed by atoms with Crippen molar-refractivity contribution in [1.82, 2.24) is 29.4 Å². The number of fused-ring (bicyclic) bond motifs is 3. The molecule has 2 aromatic carbocycles. The van der Waals surface area contributed by atoms with Gasteiger partial charge in [0, 0.05) is 65.6 Å². The van der Waals surface area contributed by atoms with Crippen molar-refractivity contribution in [2.24, 2.45) is 0 Å². The smallest absolute Gasteiger partial charge is 0.456 e. The monoisotopic (exact) mass is 1210 g/mol. The van der Waals surface area contributed by atoms with Gasteiger partial charge >= 0.3 is 7.82 Å². The number of nitrogen functional groups attached to an aromatic ring is 1. The third-order valence-electron chi connectivity index (χ3n) is 15.0. The van der Waals surface area contributed by atoms with Crippen molar-refractivity contribution in [2.45, 2.75) is 114 Å². The lowest BCUT2D eigenvalue weighted by molar-refractivity contribution is -0.121. The number of anilines is 3. The number of phosphoric acid groups is 1. The Labute approximate surface area is 479 Å². The lowest BCUT2D eigenvalue weighted by Gasteiger charge is -2.30. The summed E-state index contributed by atoms with van der Waals surface area (Å²) >= 11 is 0. The Hall–Kier alpha value is -6.62. The molecule has 1 amide bonds. The Balaban J connectivity index is 0.956. The number of aliphatic hydroxyl groups excluding tert-OH is 2. The molecule has 11 N–H and O–H groups in total. The summed E-state index contributed by atoms with van der Waals surface area (Å²) in [7, 11) is -13.9. The molecule has 3 aliphatic heterocycles. The van der Waals surface area contributed by atoms with Gasteiger partial charge in [0.25, 0.3) is 25.8 Å². The highest BCUT2D eigenvalue weighted by Crippen LogP contribution is 2.52. The van der Waals surface area contributed by atoms with Crippen LogP contribution in [0.25, 0.3) is 39.9 Å². The van der Waals surface area contributed by atoms with Crippen LogP contribution in [0.1, 0.15) is 95.1 Å². The second kappa shape index (κ2) is 26.1. The quantitative estimate of drug-likeness (QED) is 0.0147. The van der Waals surface area contributed by atoms with Crippen molar-refractivity contribution in [3.05, 3.63) is 117 Å². The summed E-state index contributed by atoms with van der Waals surface area (Å²) in [5.41, 5.74) is 9.21. The second-order valence-corrected chi connectivity index (χ2v) is 24.9. The first-order valence-corrected chi connectivity index (χ1v) is 31.8. The van der Waals surface area contributed by atoms with Gasteiger partial charge in [-0.1, -0.05) is 55.3 Å². The Bertz CT molecular complexity index is 3780. The minimum absolute atomic E-state index is 0.0171. The average molecular weight is 1210 g/mol. The number of carbonyl (C=O) groups excluding carboxylic acids is 1. The lowest BCUT2D eigenvalue weighted by atomic mass is 9.77. The van der Waals surface area contributed by atoms with Crippen LogP contribution in [0.4, 0.5) is 17.6 Å². The van der Waals surface area contributed by atoms with Crippen molar-refractivity contribution in [3.63, 3.8) is 0 Å². The van der Waals surface area contributed by atoms with Gasteiger partial charge in [0.15, 0.2) is 17.4 Å². The maximum Gasteiger partial charge on any atom is 0.469 e. The number of nitrogens with two attached hydrogens (primary N) is 1. The van der Waals surface area contributed by atoms with E-state index in [4.69, 9.17) is 24.7 Å². The van der Waals surface area contributed by atoms with Gasteiger partial charge in [-0.05, 0) is 101 Å². The molecule has 4 aromatic rings. The highest BCUT2D eigenvalue weighted by atomic mass is 32.2. The minimum atomic E-state index is -4.95. The van der Waals surface area contributed by atoms with Gasteiger partial charge in [-0.25, -0.2) is 14.1 Å². The molecule has 5 heterocycles. The van der Waals surface area contributed by atoms with Crippen LogP contribution >= 0.6 is 7.82 Å². The summed E-state index contributed by atoms with van der Waals surface area (Å²) in [5.74, 6) is 0.393. The first-order valence-electron chi connectivity index (χ1n) is 27.3. The summed E-state index contributed by atoms with van der Waals surface area (Å²) in [6.07, 6.45) is 3.06. The molecule has 1 unspecified atom stereocenters. The molecule has 2 aromatic heterocycles. The molecule has 1 saturated heterocycles. The predicted octanol–water partition coefficient (Wildman–Crippen LogP) is 5.07. The van der Waals surface area contributed by atoms with E-state index >= 15 is 0 Å². The van der Waals surface area contributed by atoms with Gasteiger partial charge in [0.2, 0.25) is 23.2 Å². The zero-order valence-electron chi connectivity index (χ0n) is 46.3. The third kappa shape index (κ3) is 14.7. The van der Waals surface area contributed by atoms with Crippen LogP contribution in [0.5, 0.6) is 0 Å². The van der Waals surface area contributed by atoms with Crippen LogP contribution in [0.15, 0.2) is 98.7 Å². The molecular formula is C55H71N9O16PS2+. The number of hydrogen-bond donors (Lipinski definition) is 10. The number of allylic oxidation sites excluding steroid dienone is 3. The number of nitrogens with zero attached hydrogens (tertiary/aromatic N) is 5. The molecule has 4 aliphatic rings. The first-order chi connectivity index (χ1) is 39.3. The van der Waals surface area contributed by atoms with Crippen LogP contribution in [-0.2, 0) is 44.3 Å². The van der Waals surface area contributed by atoms with Gasteiger partial charge in [-0.2, -0.15) is 21.8 Å². The van der Waals surface area contributed by atoms with Crippen LogP contribution in [-0.4, -0.2) is 135 Å². The minimum Gasteiger partial charge on any atom is -0.456 e. The van der Waals surface area contributed by atoms with E-state index in [9.17, 15) is 50.3 Å². The fourth-order valence-electron chi connectivity index (χ4n) is 10.9. The Morgan fingerprint density at radius 3 is 2.36 bits per heavy atom. The molecule has 1 fully saturated rings. The van der Waals surface area contributed by atoms with E-state index in [1.54, 1.807) is 6.07 Å². The number of unbranched alkanes of at least 4 members (excludes halogenated alkanes) is 3. The zero-order chi connectivity index (χ0) is 60.0. The zero-order valence-corrected chi connectivity index (χ0v) is 48.9. The number of H-pyrrole nitrogens is 1. The van der Waals surface area contributed by atoms with E-state index in [2.05, 4.69) is 54.6 Å². The summed E-state index contributed by atoms with van der Waals surface area (Å²) in [6, 6.07) is 20.2. The van der Waals surface area contributed by atoms with Gasteiger partial charge in [-0.15, -0.1) is 0 Å². The van der Waals surface area contributed by atoms with Crippen molar-refractivity contribution < 1.29 is 69.0 Å². The fourth-order valence-corrected chi connectivity index (χ4v) is 12.2. The van der Waals surface area contributed by atoms with E-state index in [0.29, 0.717) is 80.1 Å². The van der Waals surface area contributed by atoms with Crippen molar-refractivity contribution >= 4 is 68.8 Å². The van der Waals surface area contributed by atoms with Crippen molar-refractivity contribution in [2.75, 3.05) is 61.0 Å². The summed E-state index contributed by atoms with van der Waals surface area (Å²) in [4.78, 5) is 56.9. The lowest BCUT2D eigenvalue weighted by Crippen LogP contribution is -2.33. The number of nitrogens with one attached hydrogen (secondary N) is 3. The predicted molar refractivity (Wildman–Crippen MR) is 311 cm³/mol. The highest BCUT2D eigenvalue weighted by molar-refractivity contribution is 7.86. The fraction of sp³-hybridized carbons (Fsp3) is 0.436. The molecule has 83 heavy (non-hydrogen) atoms. The summed E-state index contributed by atoms with van der Waals surface area (Å²) in [5, 5.41) is 28.7. The van der Waals surface area contributed by atoms with E-state index in [1.807, 2.05) is 79.4 Å². The average Bonchev–Trinajstić information content (AvgIpc) is 2.02. The van der Waals surface area contributed by atoms with E-state index in [1.165, 1.54) is 16.7 Å². The second-order valence-electron chi connectivity index (χ2n) is 20.7. The molecule has 5 atom stereocenters. The summed E-state index contributed by atoms with van der Waals surface area (Å²) in [6.45, 7) is 9.72. The maximum atomic E-state index is 13.4. The number of benzene rings is 3. The number of aromatic amines is 1. The standard InChI is InChI=1S/C55H70N9O16PS2/c1-5-62(6-2)36-22-24-39-38(34(3)49(79-42(39)31-36)35-17-10-9-11-18-35)19-14-20-44-55(4,40-32-37(83(75,76)77)23-25-41(40)63(44)29-16-30-82(72,73)74)26-15-21-45(65)57-27-12-7-8-13-28-58-54-59-46-50(60-53(56)61-51(46)68)64(54)52-48(67)47(66)43(80-52)33-78-81(69,70)71/h9-11,14,17-20,22-25,31-32,43,47-48,52,66-67H,5-8,12-13,15-16,21,26-30,33H2,1-4H3,(H8-,56,57,58,59,60,61,65,68,69,70,71,72,73,74,75,76,77)/p+1/t43-,47-,48-,52-,55?/m1/s1. The van der Waals surface area contributed by atoms with Gasteiger partial charge < -0.3 is 50.4 Å². The van der Waals surface area contributed by atoms with Gasteiger partial charge in [-0.3, -0.25) is 32.8 Å². The largest absolute Gasteiger partial charge is 0.469 e. The molecular weight excluding hydrogens is 1140 g/mol. The number of aliphatic hydroxyl groups is 2. The van der Waals surface area contributed by atoms with E-state index < -0.39 is 75.9 Å². The van der Waals surface area contributed by atoms with Crippen molar-refractivity contribution in [1.29, 1.82) is 0 Å². The highest BCUT2D eigenvalue weighted by Gasteiger charge is 2.47. The Kier molecular flexibility index (Phi) is 19.6. The van der Waals surface area contributed by atoms with Gasteiger partial charge in [0.05, 0.1) is 23.3 Å². The molecule has 0 spiro atoms. The van der Waals surface area contributed by atoms with Crippen LogP contribution in [0, 0.1) is 6.92 Å². The molecule has 25 nitrogen and oxygen atoms in total. The molecule has 8 rings (SSSR count). The number of hydrogen-bond acceptors (Lipinski definition) is 17. The molecule has 0 saturated carbocycles. The molecule has 28 heteroatoms. The molecule has 0 bridgehead atoms. The normalized spacial score (nSPS) is 19.8. The molecule has 448 valence electrons. The number of amides is 1. The number of rotatable bonds is 26. The Morgan fingerprint density at radius 2 is 1.67 bits per heavy atom. The number of aromatic nitrogens is 4. The summed E-state index contributed by atoms with van der Waals surface area (Å²) < 4.78 is 101. The number of phosphoric ester groups is 1. The number of imidazole rings is 1. The SMILES string of the molecule is CC[N+](CC)=c1ccc2c(/C=C/C=C3\N(CCCS(=O)(=O)O)c4ccc(S(=O)(=O)O)cc4C3(C)CCCC(=O)NCCCCCCNc3nc4c(=O)[nH]c(N)nc4n3[C@@H]3O[C@H](COP(=O)(O)O)[C@@H](O)[C@H]3O)c(C)c(-c3ccccc3)oc-2c1. The number of carbonyl (C=O) groups is 1. The Morgan fingerprint density at radius 1 is 0.952 bits per heavy atom. The van der Waals surface area contributed by atoms with Crippen molar-refractivity contribution in [3.8, 4) is 22.6 Å². The van der Waals surface area contributed by atoms with Crippen LogP contribution in [0.2, 0.25) is 0 Å². The van der Waals surface area contributed by atoms with Crippen LogP contribution < -0.4 is 36.8 Å². The van der Waals surface area contributed by atoms with Gasteiger partial charge in [0.1, 0.15) is 42.9 Å². The maximum absolute atomic E-state index is 13.4.